The fraction of sp³-hybridized carbons (Fsp3) is 0.211. The van der Waals surface area contributed by atoms with Crippen LogP contribution >= 0.6 is 22.9 Å². The standard InChI is InChI=1S/C19H18ClN3O3S/c1-3-14-11(2)21-19(15-8-9-16(20)27-15)23-18(14)22-12-4-6-13(7-5-12)26-10-17(24)25/h4-9H,3,10H2,1-2H3,(H,24,25)(H,21,22,23). The number of carboxylic acid groups (broad SMARTS) is 1. The smallest absolute Gasteiger partial charge is 0.341 e. The van der Waals surface area contributed by atoms with Crippen LogP contribution in [-0.4, -0.2) is 27.7 Å². The Kier molecular flexibility index (Phi) is 5.93. The van der Waals surface area contributed by atoms with Crippen molar-refractivity contribution in [1.82, 2.24) is 9.97 Å². The lowest BCUT2D eigenvalue weighted by Gasteiger charge is -2.14. The average molecular weight is 404 g/mol. The fourth-order valence-corrected chi connectivity index (χ4v) is 3.56. The molecule has 8 heteroatoms. The maximum atomic E-state index is 10.6. The molecule has 0 saturated heterocycles. The molecule has 0 saturated carbocycles. The van der Waals surface area contributed by atoms with Gasteiger partial charge in [-0.05, 0) is 49.7 Å². The minimum atomic E-state index is -1.01. The lowest BCUT2D eigenvalue weighted by atomic mass is 10.1. The number of thiophene rings is 1. The average Bonchev–Trinajstić information content (AvgIpc) is 3.07. The van der Waals surface area contributed by atoms with Crippen LogP contribution in [0.15, 0.2) is 36.4 Å². The van der Waals surface area contributed by atoms with Gasteiger partial charge in [0.2, 0.25) is 0 Å². The Labute approximate surface area is 165 Å². The van der Waals surface area contributed by atoms with Crippen LogP contribution in [0.2, 0.25) is 4.34 Å². The second-order valence-electron chi connectivity index (χ2n) is 5.75. The molecule has 140 valence electrons. The summed E-state index contributed by atoms with van der Waals surface area (Å²) in [4.78, 5) is 20.8. The summed E-state index contributed by atoms with van der Waals surface area (Å²) in [5, 5.41) is 12.0. The van der Waals surface area contributed by atoms with Gasteiger partial charge < -0.3 is 15.2 Å². The Balaban J connectivity index is 1.86. The Hall–Kier alpha value is -2.64. The van der Waals surface area contributed by atoms with Crippen LogP contribution in [-0.2, 0) is 11.2 Å². The molecular formula is C19H18ClN3O3S. The van der Waals surface area contributed by atoms with E-state index in [1.165, 1.54) is 11.3 Å². The molecule has 0 amide bonds. The van der Waals surface area contributed by atoms with Crippen LogP contribution in [0.3, 0.4) is 0 Å². The Bertz CT molecular complexity index is 957. The minimum Gasteiger partial charge on any atom is -0.482 e. The van der Waals surface area contributed by atoms with Crippen molar-refractivity contribution in [3.63, 3.8) is 0 Å². The molecule has 0 aliphatic carbocycles. The van der Waals surface area contributed by atoms with Crippen LogP contribution in [0.25, 0.3) is 10.7 Å². The van der Waals surface area contributed by atoms with Gasteiger partial charge in [0.15, 0.2) is 12.4 Å². The number of carboxylic acids is 1. The second-order valence-corrected chi connectivity index (χ2v) is 7.46. The van der Waals surface area contributed by atoms with E-state index >= 15 is 0 Å². The number of nitrogens with zero attached hydrogens (tertiary/aromatic N) is 2. The fourth-order valence-electron chi connectivity index (χ4n) is 2.58. The minimum absolute atomic E-state index is 0.370. The third-order valence-corrected chi connectivity index (χ3v) is 5.07. The number of benzene rings is 1. The number of carbonyl (C=O) groups is 1. The van der Waals surface area contributed by atoms with E-state index in [0.29, 0.717) is 15.9 Å². The summed E-state index contributed by atoms with van der Waals surface area (Å²) in [5.41, 5.74) is 2.77. The van der Waals surface area contributed by atoms with E-state index in [-0.39, 0.29) is 6.61 Å². The molecular weight excluding hydrogens is 386 g/mol. The first-order valence-electron chi connectivity index (χ1n) is 8.31. The molecule has 0 fully saturated rings. The van der Waals surface area contributed by atoms with Gasteiger partial charge in [0.05, 0.1) is 9.21 Å². The Morgan fingerprint density at radius 3 is 2.56 bits per heavy atom. The maximum absolute atomic E-state index is 10.6. The first kappa shape index (κ1) is 19.1. The highest BCUT2D eigenvalue weighted by atomic mass is 35.5. The monoisotopic (exact) mass is 403 g/mol. The van der Waals surface area contributed by atoms with Crippen molar-refractivity contribution in [3.05, 3.63) is 52.0 Å². The lowest BCUT2D eigenvalue weighted by molar-refractivity contribution is -0.139. The van der Waals surface area contributed by atoms with Gasteiger partial charge in [-0.25, -0.2) is 14.8 Å². The highest BCUT2D eigenvalue weighted by molar-refractivity contribution is 7.19. The number of hydrogen-bond acceptors (Lipinski definition) is 6. The number of nitrogens with one attached hydrogen (secondary N) is 1. The maximum Gasteiger partial charge on any atom is 0.341 e. The number of aryl methyl sites for hydroxylation is 1. The number of ether oxygens (including phenoxy) is 1. The Morgan fingerprint density at radius 1 is 1.22 bits per heavy atom. The quantitative estimate of drug-likeness (QED) is 0.581. The van der Waals surface area contributed by atoms with Gasteiger partial charge in [-0.2, -0.15) is 0 Å². The number of aliphatic carboxylic acids is 1. The lowest BCUT2D eigenvalue weighted by Crippen LogP contribution is -2.09. The first-order chi connectivity index (χ1) is 13.0. The van der Waals surface area contributed by atoms with E-state index in [9.17, 15) is 4.79 Å². The summed E-state index contributed by atoms with van der Waals surface area (Å²) in [6.07, 6.45) is 0.791. The van der Waals surface area contributed by atoms with E-state index in [4.69, 9.17) is 21.4 Å². The van der Waals surface area contributed by atoms with Crippen molar-refractivity contribution in [2.24, 2.45) is 0 Å². The Morgan fingerprint density at radius 2 is 1.96 bits per heavy atom. The molecule has 6 nitrogen and oxygen atoms in total. The SMILES string of the molecule is CCc1c(C)nc(-c2ccc(Cl)s2)nc1Nc1ccc(OCC(=O)O)cc1. The molecule has 27 heavy (non-hydrogen) atoms. The predicted octanol–water partition coefficient (Wildman–Crippen LogP) is 4.94. The first-order valence-corrected chi connectivity index (χ1v) is 9.50. The predicted molar refractivity (Wildman–Crippen MR) is 107 cm³/mol. The molecule has 1 aromatic carbocycles. The van der Waals surface area contributed by atoms with Crippen molar-refractivity contribution in [1.29, 1.82) is 0 Å². The van der Waals surface area contributed by atoms with Crippen molar-refractivity contribution in [2.45, 2.75) is 20.3 Å². The van der Waals surface area contributed by atoms with Gasteiger partial charge in [0.25, 0.3) is 0 Å². The van der Waals surface area contributed by atoms with Gasteiger partial charge in [-0.15, -0.1) is 11.3 Å². The van der Waals surface area contributed by atoms with Crippen molar-refractivity contribution in [3.8, 4) is 16.5 Å². The molecule has 2 N–H and O–H groups in total. The molecule has 0 unspecified atom stereocenters. The highest BCUT2D eigenvalue weighted by Crippen LogP contribution is 2.31. The van der Waals surface area contributed by atoms with E-state index in [0.717, 1.165) is 34.1 Å². The molecule has 2 aromatic heterocycles. The topological polar surface area (TPSA) is 84.3 Å². The van der Waals surface area contributed by atoms with E-state index in [2.05, 4.69) is 22.2 Å². The van der Waals surface area contributed by atoms with Crippen molar-refractivity contribution < 1.29 is 14.6 Å². The molecule has 3 rings (SSSR count). The normalized spacial score (nSPS) is 10.6. The summed E-state index contributed by atoms with van der Waals surface area (Å²) in [7, 11) is 0. The number of rotatable bonds is 7. The number of hydrogen-bond donors (Lipinski definition) is 2. The molecule has 0 atom stereocenters. The number of halogens is 1. The summed E-state index contributed by atoms with van der Waals surface area (Å²) in [5.74, 6) is 0.850. The van der Waals surface area contributed by atoms with Crippen LogP contribution in [0.4, 0.5) is 11.5 Å². The molecule has 0 aliphatic rings. The highest BCUT2D eigenvalue weighted by Gasteiger charge is 2.13. The van der Waals surface area contributed by atoms with E-state index in [1.807, 2.05) is 31.2 Å². The third kappa shape index (κ3) is 4.75. The second kappa shape index (κ2) is 8.37. The summed E-state index contributed by atoms with van der Waals surface area (Å²) in [6.45, 7) is 3.65. The van der Waals surface area contributed by atoms with Crippen molar-refractivity contribution in [2.75, 3.05) is 11.9 Å². The van der Waals surface area contributed by atoms with Gasteiger partial charge in [0, 0.05) is 16.9 Å². The molecule has 0 radical (unpaired) electrons. The molecule has 3 aromatic rings. The zero-order chi connectivity index (χ0) is 19.4. The van der Waals surface area contributed by atoms with Gasteiger partial charge in [-0.1, -0.05) is 18.5 Å². The van der Waals surface area contributed by atoms with Gasteiger partial charge in [0.1, 0.15) is 11.6 Å². The van der Waals surface area contributed by atoms with E-state index < -0.39 is 5.97 Å². The molecule has 0 aliphatic heterocycles. The number of aromatic nitrogens is 2. The number of anilines is 2. The van der Waals surface area contributed by atoms with Crippen LogP contribution < -0.4 is 10.1 Å². The van der Waals surface area contributed by atoms with Crippen molar-refractivity contribution >= 4 is 40.4 Å². The van der Waals surface area contributed by atoms with Crippen LogP contribution in [0.1, 0.15) is 18.2 Å². The summed E-state index contributed by atoms with van der Waals surface area (Å²) >= 11 is 7.47. The van der Waals surface area contributed by atoms with Crippen LogP contribution in [0, 0.1) is 6.92 Å². The summed E-state index contributed by atoms with van der Waals surface area (Å²) < 4.78 is 5.84. The zero-order valence-corrected chi connectivity index (χ0v) is 16.4. The van der Waals surface area contributed by atoms with Gasteiger partial charge in [-0.3, -0.25) is 0 Å². The zero-order valence-electron chi connectivity index (χ0n) is 14.8. The third-order valence-electron chi connectivity index (χ3n) is 3.84. The largest absolute Gasteiger partial charge is 0.482 e. The molecule has 0 spiro atoms. The van der Waals surface area contributed by atoms with E-state index in [1.54, 1.807) is 12.1 Å². The molecule has 0 bridgehead atoms. The summed E-state index contributed by atoms with van der Waals surface area (Å²) in [6, 6.07) is 10.8. The molecule has 2 heterocycles. The van der Waals surface area contributed by atoms with Crippen LogP contribution in [0.5, 0.6) is 5.75 Å². The van der Waals surface area contributed by atoms with Gasteiger partial charge >= 0.3 is 5.97 Å².